The van der Waals surface area contributed by atoms with E-state index in [1.54, 1.807) is 0 Å². The van der Waals surface area contributed by atoms with E-state index in [0.717, 1.165) is 13.0 Å². The molecule has 1 heterocycles. The molecule has 0 spiro atoms. The smallest absolute Gasteiger partial charge is 0.0465 e. The summed E-state index contributed by atoms with van der Waals surface area (Å²) in [6.07, 6.45) is 8.92. The van der Waals surface area contributed by atoms with Gasteiger partial charge in [0.2, 0.25) is 0 Å². The third-order valence-corrected chi connectivity index (χ3v) is 2.01. The molecule has 0 aromatic heterocycles. The normalized spacial score (nSPS) is 26.1. The molecule has 0 aliphatic carbocycles. The zero-order valence-corrected chi connectivity index (χ0v) is 6.92. The average molecular weight is 155 g/mol. The maximum atomic E-state index is 8.52. The summed E-state index contributed by atoms with van der Waals surface area (Å²) < 4.78 is 0. The summed E-state index contributed by atoms with van der Waals surface area (Å²) >= 11 is 0. The first-order valence-electron chi connectivity index (χ1n) is 4.44. The minimum atomic E-state index is 0.267. The molecule has 0 aromatic rings. The van der Waals surface area contributed by atoms with Gasteiger partial charge in [0, 0.05) is 12.6 Å². The van der Waals surface area contributed by atoms with Gasteiger partial charge < -0.3 is 10.4 Å². The number of hydrogen-bond acceptors (Lipinski definition) is 2. The molecule has 1 rings (SSSR count). The lowest BCUT2D eigenvalue weighted by atomic mass is 10.0. The van der Waals surface area contributed by atoms with Gasteiger partial charge in [0.05, 0.1) is 0 Å². The third-order valence-electron chi connectivity index (χ3n) is 2.01. The van der Waals surface area contributed by atoms with Crippen molar-refractivity contribution in [2.75, 3.05) is 13.2 Å². The maximum Gasteiger partial charge on any atom is 0.0465 e. The highest BCUT2D eigenvalue weighted by atomic mass is 16.2. The van der Waals surface area contributed by atoms with Gasteiger partial charge in [-0.25, -0.2) is 0 Å². The molecule has 1 saturated heterocycles. The fraction of sp³-hybridized carbons (Fsp3) is 0.778. The lowest BCUT2D eigenvalue weighted by molar-refractivity contribution is 0.302. The van der Waals surface area contributed by atoms with E-state index in [0.29, 0.717) is 6.04 Å². The standard InChI is InChI=1S/C9H17NO/c11-8-4-2-6-9-5-1-3-7-10-9/h2,6,9-11H,1,3-5,7-8H2/b6-2-. The Kier molecular flexibility index (Phi) is 4.24. The number of nitrogens with one attached hydrogen (secondary N) is 1. The van der Waals surface area contributed by atoms with Crippen molar-refractivity contribution in [2.24, 2.45) is 0 Å². The number of hydrogen-bond donors (Lipinski definition) is 2. The number of rotatable bonds is 3. The van der Waals surface area contributed by atoms with Crippen molar-refractivity contribution >= 4 is 0 Å². The van der Waals surface area contributed by atoms with Crippen LogP contribution in [-0.2, 0) is 0 Å². The van der Waals surface area contributed by atoms with Crippen LogP contribution in [0.15, 0.2) is 12.2 Å². The molecule has 0 amide bonds. The van der Waals surface area contributed by atoms with Gasteiger partial charge in [-0.05, 0) is 25.8 Å². The van der Waals surface area contributed by atoms with E-state index in [1.165, 1.54) is 19.3 Å². The van der Waals surface area contributed by atoms with Crippen molar-refractivity contribution in [3.05, 3.63) is 12.2 Å². The largest absolute Gasteiger partial charge is 0.396 e. The van der Waals surface area contributed by atoms with Gasteiger partial charge >= 0.3 is 0 Å². The topological polar surface area (TPSA) is 32.3 Å². The summed E-state index contributed by atoms with van der Waals surface area (Å²) in [5.41, 5.74) is 0. The van der Waals surface area contributed by atoms with Crippen molar-refractivity contribution in [2.45, 2.75) is 31.7 Å². The Morgan fingerprint density at radius 2 is 2.36 bits per heavy atom. The van der Waals surface area contributed by atoms with Crippen molar-refractivity contribution < 1.29 is 5.11 Å². The van der Waals surface area contributed by atoms with Gasteiger partial charge in [0.15, 0.2) is 0 Å². The van der Waals surface area contributed by atoms with Gasteiger partial charge in [-0.1, -0.05) is 18.6 Å². The molecule has 1 unspecified atom stereocenters. The molecule has 2 N–H and O–H groups in total. The molecule has 0 saturated carbocycles. The summed E-state index contributed by atoms with van der Waals surface area (Å²) in [7, 11) is 0. The van der Waals surface area contributed by atoms with Gasteiger partial charge in [-0.3, -0.25) is 0 Å². The lowest BCUT2D eigenvalue weighted by Crippen LogP contribution is -2.32. The highest BCUT2D eigenvalue weighted by Gasteiger charge is 2.07. The lowest BCUT2D eigenvalue weighted by Gasteiger charge is -2.19. The van der Waals surface area contributed by atoms with Gasteiger partial charge in [0.25, 0.3) is 0 Å². The van der Waals surface area contributed by atoms with Gasteiger partial charge in [0.1, 0.15) is 0 Å². The molecule has 0 aromatic carbocycles. The monoisotopic (exact) mass is 155 g/mol. The fourth-order valence-corrected chi connectivity index (χ4v) is 1.38. The molecule has 64 valence electrons. The second-order valence-corrected chi connectivity index (χ2v) is 3.00. The van der Waals surface area contributed by atoms with Crippen LogP contribution in [0.5, 0.6) is 0 Å². The van der Waals surface area contributed by atoms with Crippen LogP contribution in [0.25, 0.3) is 0 Å². The van der Waals surface area contributed by atoms with Crippen LogP contribution in [0.1, 0.15) is 25.7 Å². The Morgan fingerprint density at radius 3 is 3.00 bits per heavy atom. The highest BCUT2D eigenvalue weighted by Crippen LogP contribution is 2.07. The maximum absolute atomic E-state index is 8.52. The Labute approximate surface area is 68.3 Å². The minimum absolute atomic E-state index is 0.267. The Bertz CT molecular complexity index is 117. The van der Waals surface area contributed by atoms with Crippen molar-refractivity contribution in [1.29, 1.82) is 0 Å². The Morgan fingerprint density at radius 1 is 1.45 bits per heavy atom. The first-order valence-corrected chi connectivity index (χ1v) is 4.44. The first-order chi connectivity index (χ1) is 5.43. The summed E-state index contributed by atoms with van der Waals surface area (Å²) in [6, 6.07) is 0.565. The summed E-state index contributed by atoms with van der Waals surface area (Å²) in [5.74, 6) is 0. The third kappa shape index (κ3) is 3.54. The zero-order valence-electron chi connectivity index (χ0n) is 6.92. The summed E-state index contributed by atoms with van der Waals surface area (Å²) in [5, 5.41) is 11.9. The molecule has 2 nitrogen and oxygen atoms in total. The molecule has 1 aliphatic heterocycles. The van der Waals surface area contributed by atoms with Crippen molar-refractivity contribution in [1.82, 2.24) is 5.32 Å². The van der Waals surface area contributed by atoms with E-state index in [1.807, 2.05) is 0 Å². The van der Waals surface area contributed by atoms with Crippen LogP contribution in [0.3, 0.4) is 0 Å². The van der Waals surface area contributed by atoms with Crippen LogP contribution in [0, 0.1) is 0 Å². The molecule has 11 heavy (non-hydrogen) atoms. The Hall–Kier alpha value is -0.340. The van der Waals surface area contributed by atoms with Crippen LogP contribution in [0.2, 0.25) is 0 Å². The second-order valence-electron chi connectivity index (χ2n) is 3.00. The quantitative estimate of drug-likeness (QED) is 0.597. The van der Waals surface area contributed by atoms with E-state index in [2.05, 4.69) is 17.5 Å². The predicted molar refractivity (Wildman–Crippen MR) is 46.5 cm³/mol. The van der Waals surface area contributed by atoms with E-state index in [-0.39, 0.29) is 6.61 Å². The number of aliphatic hydroxyl groups excluding tert-OH is 1. The SMILES string of the molecule is OCC/C=C\C1CCCCN1. The number of aliphatic hydroxyl groups is 1. The van der Waals surface area contributed by atoms with Crippen molar-refractivity contribution in [3.63, 3.8) is 0 Å². The molecule has 1 aliphatic rings. The van der Waals surface area contributed by atoms with Crippen LogP contribution in [-0.4, -0.2) is 24.3 Å². The number of piperidine rings is 1. The zero-order chi connectivity index (χ0) is 7.94. The average Bonchev–Trinajstić information content (AvgIpc) is 2.07. The predicted octanol–water partition coefficient (Wildman–Crippen LogP) is 1.07. The fourth-order valence-electron chi connectivity index (χ4n) is 1.38. The Balaban J connectivity index is 2.13. The van der Waals surface area contributed by atoms with E-state index in [4.69, 9.17) is 5.11 Å². The second kappa shape index (κ2) is 5.33. The minimum Gasteiger partial charge on any atom is -0.396 e. The molecule has 2 heteroatoms. The highest BCUT2D eigenvalue weighted by molar-refractivity contribution is 4.94. The van der Waals surface area contributed by atoms with Crippen LogP contribution in [0.4, 0.5) is 0 Å². The van der Waals surface area contributed by atoms with Crippen LogP contribution >= 0.6 is 0 Å². The summed E-state index contributed by atoms with van der Waals surface area (Å²) in [4.78, 5) is 0. The van der Waals surface area contributed by atoms with E-state index < -0.39 is 0 Å². The molecule has 1 fully saturated rings. The molecular weight excluding hydrogens is 138 g/mol. The van der Waals surface area contributed by atoms with Gasteiger partial charge in [-0.2, -0.15) is 0 Å². The molecule has 0 bridgehead atoms. The molecule has 1 atom stereocenters. The van der Waals surface area contributed by atoms with Crippen molar-refractivity contribution in [3.8, 4) is 0 Å². The molecule has 0 radical (unpaired) electrons. The van der Waals surface area contributed by atoms with E-state index in [9.17, 15) is 0 Å². The van der Waals surface area contributed by atoms with Gasteiger partial charge in [-0.15, -0.1) is 0 Å². The first kappa shape index (κ1) is 8.75. The summed E-state index contributed by atoms with van der Waals surface area (Å²) in [6.45, 7) is 1.41. The molecular formula is C9H17NO. The van der Waals surface area contributed by atoms with E-state index >= 15 is 0 Å². The van der Waals surface area contributed by atoms with Crippen LogP contribution < -0.4 is 5.32 Å².